The minimum atomic E-state index is 0.131. The van der Waals surface area contributed by atoms with E-state index in [1.165, 1.54) is 22.4 Å². The van der Waals surface area contributed by atoms with Crippen LogP contribution in [0.25, 0.3) is 0 Å². The predicted molar refractivity (Wildman–Crippen MR) is 108 cm³/mol. The van der Waals surface area contributed by atoms with Crippen LogP contribution >= 0.6 is 0 Å². The van der Waals surface area contributed by atoms with Gasteiger partial charge in [0, 0.05) is 38.2 Å². The molecule has 2 aromatic heterocycles. The van der Waals surface area contributed by atoms with Crippen molar-refractivity contribution in [2.24, 2.45) is 0 Å². The fraction of sp³-hybridized carbons (Fsp3) is 0.364. The quantitative estimate of drug-likeness (QED) is 0.657. The largest absolute Gasteiger partial charge is 0.493 e. The molecule has 0 N–H and O–H groups in total. The molecule has 1 aromatic carbocycles. The second-order valence-corrected chi connectivity index (χ2v) is 6.98. The van der Waals surface area contributed by atoms with Crippen molar-refractivity contribution in [3.8, 4) is 11.5 Å². The van der Waals surface area contributed by atoms with Crippen LogP contribution in [0.3, 0.4) is 0 Å². The average Bonchev–Trinajstić information content (AvgIpc) is 3.20. The molecular weight excluding hydrogens is 352 g/mol. The van der Waals surface area contributed by atoms with Gasteiger partial charge in [0.25, 0.3) is 0 Å². The summed E-state index contributed by atoms with van der Waals surface area (Å²) in [6.45, 7) is 4.87. The number of aromatic nitrogens is 3. The third-order valence-corrected chi connectivity index (χ3v) is 5.50. The van der Waals surface area contributed by atoms with Crippen LogP contribution in [0.4, 0.5) is 0 Å². The molecule has 3 heterocycles. The highest BCUT2D eigenvalue weighted by Gasteiger charge is 2.31. The van der Waals surface area contributed by atoms with E-state index < -0.39 is 0 Å². The molecule has 6 heteroatoms. The molecule has 1 atom stereocenters. The first-order valence-electron chi connectivity index (χ1n) is 9.63. The number of imidazole rings is 1. The highest BCUT2D eigenvalue weighted by atomic mass is 16.5. The molecule has 0 amide bonds. The molecule has 28 heavy (non-hydrogen) atoms. The van der Waals surface area contributed by atoms with E-state index >= 15 is 0 Å². The molecule has 0 fully saturated rings. The monoisotopic (exact) mass is 378 g/mol. The number of pyridine rings is 1. The van der Waals surface area contributed by atoms with Crippen molar-refractivity contribution >= 4 is 0 Å². The second kappa shape index (κ2) is 8.02. The Morgan fingerprint density at radius 1 is 1.07 bits per heavy atom. The van der Waals surface area contributed by atoms with Gasteiger partial charge >= 0.3 is 0 Å². The first kappa shape index (κ1) is 18.5. The summed E-state index contributed by atoms with van der Waals surface area (Å²) in [5, 5.41) is 0. The Morgan fingerprint density at radius 3 is 2.54 bits per heavy atom. The summed E-state index contributed by atoms with van der Waals surface area (Å²) >= 11 is 0. The molecular formula is C22H26N4O2. The minimum Gasteiger partial charge on any atom is -0.493 e. The Kier molecular flexibility index (Phi) is 5.30. The van der Waals surface area contributed by atoms with Gasteiger partial charge in [-0.25, -0.2) is 4.98 Å². The molecule has 0 aliphatic carbocycles. The Morgan fingerprint density at radius 2 is 1.82 bits per heavy atom. The standard InChI is InChI=1S/C22H26N4O2/c1-4-25-15-24-13-18(25)14-26-10-7-17-11-20(27-2)21(28-3)12-19(17)22(26)16-5-8-23-9-6-16/h5-6,8-9,11-13,15,22H,4,7,10,14H2,1-3H3/t22-/m1/s1. The van der Waals surface area contributed by atoms with Crippen LogP contribution in [-0.2, 0) is 19.5 Å². The predicted octanol–water partition coefficient (Wildman–Crippen LogP) is 3.46. The molecule has 146 valence electrons. The summed E-state index contributed by atoms with van der Waals surface area (Å²) in [5.41, 5.74) is 5.02. The van der Waals surface area contributed by atoms with Crippen molar-refractivity contribution in [1.82, 2.24) is 19.4 Å². The second-order valence-electron chi connectivity index (χ2n) is 6.98. The molecule has 0 saturated heterocycles. The van der Waals surface area contributed by atoms with Gasteiger partial charge in [0.1, 0.15) is 0 Å². The lowest BCUT2D eigenvalue weighted by molar-refractivity contribution is 0.198. The van der Waals surface area contributed by atoms with Crippen molar-refractivity contribution in [2.75, 3.05) is 20.8 Å². The Bertz CT molecular complexity index is 939. The van der Waals surface area contributed by atoms with Gasteiger partial charge in [-0.05, 0) is 54.3 Å². The molecule has 1 aliphatic heterocycles. The Labute approximate surface area is 165 Å². The Hall–Kier alpha value is -2.86. The van der Waals surface area contributed by atoms with E-state index in [2.05, 4.69) is 50.6 Å². The van der Waals surface area contributed by atoms with Crippen LogP contribution in [0, 0.1) is 0 Å². The number of benzene rings is 1. The topological polar surface area (TPSA) is 52.4 Å². The summed E-state index contributed by atoms with van der Waals surface area (Å²) in [4.78, 5) is 11.1. The number of ether oxygens (including phenoxy) is 2. The molecule has 0 unspecified atom stereocenters. The molecule has 4 rings (SSSR count). The Balaban J connectivity index is 1.78. The van der Waals surface area contributed by atoms with Gasteiger partial charge in [-0.1, -0.05) is 0 Å². The van der Waals surface area contributed by atoms with Crippen LogP contribution < -0.4 is 9.47 Å². The maximum atomic E-state index is 5.59. The zero-order chi connectivity index (χ0) is 19.5. The van der Waals surface area contributed by atoms with Gasteiger partial charge in [0.15, 0.2) is 11.5 Å². The fourth-order valence-corrected chi connectivity index (χ4v) is 4.08. The normalized spacial score (nSPS) is 16.6. The molecule has 3 aromatic rings. The van der Waals surface area contributed by atoms with Crippen LogP contribution in [-0.4, -0.2) is 40.2 Å². The smallest absolute Gasteiger partial charge is 0.161 e. The fourth-order valence-electron chi connectivity index (χ4n) is 4.08. The van der Waals surface area contributed by atoms with E-state index in [4.69, 9.17) is 9.47 Å². The summed E-state index contributed by atoms with van der Waals surface area (Å²) in [5.74, 6) is 1.55. The number of hydrogen-bond donors (Lipinski definition) is 0. The molecule has 0 spiro atoms. The van der Waals surface area contributed by atoms with Crippen molar-refractivity contribution in [1.29, 1.82) is 0 Å². The van der Waals surface area contributed by atoms with Gasteiger partial charge in [0.2, 0.25) is 0 Å². The maximum Gasteiger partial charge on any atom is 0.161 e. The first-order chi connectivity index (χ1) is 13.7. The maximum absolute atomic E-state index is 5.59. The van der Waals surface area contributed by atoms with Crippen LogP contribution in [0.15, 0.2) is 49.2 Å². The summed E-state index contributed by atoms with van der Waals surface area (Å²) in [6.07, 6.45) is 8.56. The number of aryl methyl sites for hydroxylation is 1. The molecule has 0 radical (unpaired) electrons. The van der Waals surface area contributed by atoms with E-state index in [1.807, 2.05) is 24.9 Å². The molecule has 0 saturated carbocycles. The van der Waals surface area contributed by atoms with Gasteiger partial charge in [-0.3, -0.25) is 9.88 Å². The van der Waals surface area contributed by atoms with E-state index in [9.17, 15) is 0 Å². The number of fused-ring (bicyclic) bond motifs is 1. The summed E-state index contributed by atoms with van der Waals surface area (Å²) in [6, 6.07) is 8.58. The van der Waals surface area contributed by atoms with Crippen LogP contribution in [0.5, 0.6) is 11.5 Å². The van der Waals surface area contributed by atoms with E-state index in [0.29, 0.717) is 0 Å². The number of rotatable bonds is 6. The van der Waals surface area contributed by atoms with Gasteiger partial charge in [-0.15, -0.1) is 0 Å². The summed E-state index contributed by atoms with van der Waals surface area (Å²) in [7, 11) is 3.37. The van der Waals surface area contributed by atoms with E-state index in [-0.39, 0.29) is 6.04 Å². The lowest BCUT2D eigenvalue weighted by Gasteiger charge is -2.38. The summed E-state index contributed by atoms with van der Waals surface area (Å²) < 4.78 is 13.3. The first-order valence-corrected chi connectivity index (χ1v) is 9.63. The number of nitrogens with zero attached hydrogens (tertiary/aromatic N) is 4. The molecule has 6 nitrogen and oxygen atoms in total. The number of methoxy groups -OCH3 is 2. The van der Waals surface area contributed by atoms with E-state index in [1.54, 1.807) is 14.2 Å². The SMILES string of the molecule is CCn1cncc1CN1CCc2cc(OC)c(OC)cc2[C@H]1c1ccncc1. The van der Waals surface area contributed by atoms with Crippen molar-refractivity contribution in [3.05, 3.63) is 71.6 Å². The van der Waals surface area contributed by atoms with Gasteiger partial charge in [-0.2, -0.15) is 0 Å². The van der Waals surface area contributed by atoms with Crippen LogP contribution in [0.1, 0.15) is 35.3 Å². The van der Waals surface area contributed by atoms with E-state index in [0.717, 1.165) is 37.6 Å². The highest BCUT2D eigenvalue weighted by molar-refractivity contribution is 5.51. The lowest BCUT2D eigenvalue weighted by atomic mass is 9.88. The molecule has 1 aliphatic rings. The van der Waals surface area contributed by atoms with Gasteiger partial charge in [0.05, 0.1) is 32.3 Å². The zero-order valence-corrected chi connectivity index (χ0v) is 16.6. The third kappa shape index (κ3) is 3.36. The van der Waals surface area contributed by atoms with Gasteiger partial charge < -0.3 is 14.0 Å². The minimum absolute atomic E-state index is 0.131. The van der Waals surface area contributed by atoms with Crippen molar-refractivity contribution < 1.29 is 9.47 Å². The highest BCUT2D eigenvalue weighted by Crippen LogP contribution is 2.41. The van der Waals surface area contributed by atoms with Crippen molar-refractivity contribution in [2.45, 2.75) is 32.5 Å². The third-order valence-electron chi connectivity index (χ3n) is 5.50. The van der Waals surface area contributed by atoms with Crippen molar-refractivity contribution in [3.63, 3.8) is 0 Å². The lowest BCUT2D eigenvalue weighted by Crippen LogP contribution is -2.36. The van der Waals surface area contributed by atoms with Crippen LogP contribution in [0.2, 0.25) is 0 Å². The average molecular weight is 378 g/mol. The number of hydrogen-bond acceptors (Lipinski definition) is 5. The molecule has 0 bridgehead atoms. The zero-order valence-electron chi connectivity index (χ0n) is 16.6.